The average Bonchev–Trinajstić information content (AvgIpc) is 2.38. The van der Waals surface area contributed by atoms with Gasteiger partial charge in [-0.15, -0.1) is 11.6 Å². The lowest BCUT2D eigenvalue weighted by atomic mass is 9.93. The lowest BCUT2D eigenvalue weighted by Crippen LogP contribution is -2.44. The highest BCUT2D eigenvalue weighted by atomic mass is 79.9. The number of carbonyl (C=O) groups is 1. The Morgan fingerprint density at radius 1 is 1.42 bits per heavy atom. The van der Waals surface area contributed by atoms with E-state index in [0.717, 1.165) is 25.7 Å². The van der Waals surface area contributed by atoms with Crippen molar-refractivity contribution >= 4 is 33.4 Å². The highest BCUT2D eigenvalue weighted by Crippen LogP contribution is 2.28. The molecule has 19 heavy (non-hydrogen) atoms. The summed E-state index contributed by atoms with van der Waals surface area (Å²) >= 11 is 9.46. The van der Waals surface area contributed by atoms with Crippen LogP contribution in [0, 0.1) is 5.82 Å². The number of hydrogen-bond acceptors (Lipinski definition) is 1. The maximum absolute atomic E-state index is 13.8. The molecule has 1 aromatic carbocycles. The van der Waals surface area contributed by atoms with Crippen molar-refractivity contribution in [3.8, 4) is 0 Å². The number of alkyl halides is 1. The maximum atomic E-state index is 13.8. The summed E-state index contributed by atoms with van der Waals surface area (Å²) in [4.78, 5) is 13.9. The van der Waals surface area contributed by atoms with Crippen molar-refractivity contribution in [1.82, 2.24) is 4.90 Å². The predicted molar refractivity (Wildman–Crippen MR) is 78.1 cm³/mol. The lowest BCUT2D eigenvalue weighted by Gasteiger charge is -2.35. The van der Waals surface area contributed by atoms with Crippen LogP contribution < -0.4 is 0 Å². The average molecular weight is 349 g/mol. The van der Waals surface area contributed by atoms with Crippen LogP contribution in [0.15, 0.2) is 22.7 Å². The maximum Gasteiger partial charge on any atom is 0.256 e. The summed E-state index contributed by atoms with van der Waals surface area (Å²) < 4.78 is 14.4. The van der Waals surface area contributed by atoms with E-state index in [1.807, 2.05) is 0 Å². The molecule has 0 radical (unpaired) electrons. The first-order valence-electron chi connectivity index (χ1n) is 6.37. The van der Waals surface area contributed by atoms with Crippen LogP contribution in [0.2, 0.25) is 0 Å². The van der Waals surface area contributed by atoms with E-state index in [-0.39, 0.29) is 22.9 Å². The Morgan fingerprint density at radius 2 is 2.11 bits per heavy atom. The number of benzene rings is 1. The molecule has 1 amide bonds. The molecule has 1 saturated carbocycles. The quantitative estimate of drug-likeness (QED) is 0.733. The molecule has 104 valence electrons. The van der Waals surface area contributed by atoms with Crippen molar-refractivity contribution < 1.29 is 9.18 Å². The van der Waals surface area contributed by atoms with Crippen LogP contribution in [0.1, 0.15) is 36.0 Å². The van der Waals surface area contributed by atoms with Gasteiger partial charge in [-0.25, -0.2) is 4.39 Å². The molecule has 1 aliphatic carbocycles. The molecule has 2 rings (SSSR count). The first-order valence-corrected chi connectivity index (χ1v) is 7.60. The second kappa shape index (κ2) is 6.23. The molecule has 0 heterocycles. The Balaban J connectivity index is 2.18. The third-order valence-electron chi connectivity index (χ3n) is 3.63. The molecule has 1 aliphatic rings. The van der Waals surface area contributed by atoms with Gasteiger partial charge in [0, 0.05) is 17.6 Å². The minimum Gasteiger partial charge on any atom is -0.337 e. The molecule has 0 bridgehead atoms. The monoisotopic (exact) mass is 347 g/mol. The summed E-state index contributed by atoms with van der Waals surface area (Å²) in [7, 11) is 1.70. The minimum absolute atomic E-state index is 0.00837. The first-order chi connectivity index (χ1) is 9.00. The zero-order valence-electron chi connectivity index (χ0n) is 10.7. The fraction of sp³-hybridized carbons (Fsp3) is 0.500. The summed E-state index contributed by atoms with van der Waals surface area (Å²) in [6.07, 6.45) is 3.95. The van der Waals surface area contributed by atoms with Crippen LogP contribution in [-0.4, -0.2) is 29.3 Å². The number of nitrogens with zero attached hydrogens (tertiary/aromatic N) is 1. The van der Waals surface area contributed by atoms with E-state index in [9.17, 15) is 9.18 Å². The van der Waals surface area contributed by atoms with Crippen LogP contribution in [0.25, 0.3) is 0 Å². The van der Waals surface area contributed by atoms with Gasteiger partial charge >= 0.3 is 0 Å². The minimum atomic E-state index is -0.506. The molecule has 0 spiro atoms. The largest absolute Gasteiger partial charge is 0.337 e. The lowest BCUT2D eigenvalue weighted by molar-refractivity contribution is 0.0695. The summed E-state index contributed by atoms with van der Waals surface area (Å²) in [5.41, 5.74) is 0.0974. The normalized spacial score (nSPS) is 23.2. The van der Waals surface area contributed by atoms with Crippen LogP contribution in [0.5, 0.6) is 0 Å². The van der Waals surface area contributed by atoms with Gasteiger partial charge in [0.1, 0.15) is 5.82 Å². The smallest absolute Gasteiger partial charge is 0.256 e. The summed E-state index contributed by atoms with van der Waals surface area (Å²) in [5, 5.41) is -0.0405. The number of carbonyl (C=O) groups excluding carboxylic acids is 1. The SMILES string of the molecule is CN(C(=O)c1ccc(Br)cc1F)C1CCCCC1Cl. The first kappa shape index (κ1) is 14.8. The molecule has 1 fully saturated rings. The van der Waals surface area contributed by atoms with Gasteiger partial charge in [-0.1, -0.05) is 28.8 Å². The molecular formula is C14H16BrClFNO. The van der Waals surface area contributed by atoms with Crippen LogP contribution in [0.4, 0.5) is 4.39 Å². The van der Waals surface area contributed by atoms with Crippen molar-refractivity contribution in [2.75, 3.05) is 7.05 Å². The molecule has 1 aromatic rings. The fourth-order valence-corrected chi connectivity index (χ4v) is 3.29. The molecule has 0 N–H and O–H groups in total. The third kappa shape index (κ3) is 3.29. The second-order valence-electron chi connectivity index (χ2n) is 4.91. The Bertz CT molecular complexity index is 483. The molecule has 0 aromatic heterocycles. The predicted octanol–water partition coefficient (Wildman–Crippen LogP) is 4.21. The van der Waals surface area contributed by atoms with Crippen molar-refractivity contribution in [2.45, 2.75) is 37.1 Å². The van der Waals surface area contributed by atoms with E-state index >= 15 is 0 Å². The van der Waals surface area contributed by atoms with Crippen molar-refractivity contribution in [3.63, 3.8) is 0 Å². The van der Waals surface area contributed by atoms with E-state index in [0.29, 0.717) is 4.47 Å². The Kier molecular flexibility index (Phi) is 4.85. The summed E-state index contributed by atoms with van der Waals surface area (Å²) in [5.74, 6) is -0.810. The number of halogens is 3. The van der Waals surface area contributed by atoms with Crippen molar-refractivity contribution in [3.05, 3.63) is 34.1 Å². The van der Waals surface area contributed by atoms with Gasteiger partial charge in [0.25, 0.3) is 5.91 Å². The van der Waals surface area contributed by atoms with Gasteiger partial charge in [-0.05, 0) is 31.0 Å². The number of amides is 1. The van der Waals surface area contributed by atoms with Gasteiger partial charge in [-0.2, -0.15) is 0 Å². The highest BCUT2D eigenvalue weighted by molar-refractivity contribution is 9.10. The number of hydrogen-bond donors (Lipinski definition) is 0. The standard InChI is InChI=1S/C14H16BrClFNO/c1-18(13-5-3-2-4-11(13)16)14(19)10-7-6-9(15)8-12(10)17/h6-8,11,13H,2-5H2,1H3. The van der Waals surface area contributed by atoms with E-state index in [2.05, 4.69) is 15.9 Å². The molecule has 2 atom stereocenters. The zero-order valence-corrected chi connectivity index (χ0v) is 13.0. The van der Waals surface area contributed by atoms with Crippen molar-refractivity contribution in [1.29, 1.82) is 0 Å². The van der Waals surface area contributed by atoms with E-state index in [1.165, 1.54) is 12.1 Å². The van der Waals surface area contributed by atoms with Gasteiger partial charge < -0.3 is 4.90 Å². The molecule has 2 unspecified atom stereocenters. The summed E-state index contributed by atoms with van der Waals surface area (Å²) in [6.45, 7) is 0. The summed E-state index contributed by atoms with van der Waals surface area (Å²) in [6, 6.07) is 4.47. The zero-order chi connectivity index (χ0) is 14.0. The topological polar surface area (TPSA) is 20.3 Å². The molecular weight excluding hydrogens is 333 g/mol. The Hall–Kier alpha value is -0.610. The highest BCUT2D eigenvalue weighted by Gasteiger charge is 2.30. The van der Waals surface area contributed by atoms with E-state index in [4.69, 9.17) is 11.6 Å². The van der Waals surface area contributed by atoms with Gasteiger partial charge in [0.05, 0.1) is 10.9 Å². The number of rotatable bonds is 2. The third-order valence-corrected chi connectivity index (χ3v) is 4.63. The van der Waals surface area contributed by atoms with E-state index < -0.39 is 5.82 Å². The molecule has 0 saturated heterocycles. The molecule has 2 nitrogen and oxygen atoms in total. The van der Waals surface area contributed by atoms with Crippen LogP contribution in [-0.2, 0) is 0 Å². The fourth-order valence-electron chi connectivity index (χ4n) is 2.51. The Labute approximate surface area is 126 Å². The van der Waals surface area contributed by atoms with Crippen molar-refractivity contribution in [2.24, 2.45) is 0 Å². The van der Waals surface area contributed by atoms with Gasteiger partial charge in [0.2, 0.25) is 0 Å². The van der Waals surface area contributed by atoms with Crippen LogP contribution >= 0.6 is 27.5 Å². The second-order valence-corrected chi connectivity index (χ2v) is 6.38. The van der Waals surface area contributed by atoms with E-state index in [1.54, 1.807) is 18.0 Å². The van der Waals surface area contributed by atoms with Gasteiger partial charge in [-0.3, -0.25) is 4.79 Å². The Morgan fingerprint density at radius 3 is 2.74 bits per heavy atom. The van der Waals surface area contributed by atoms with Crippen LogP contribution in [0.3, 0.4) is 0 Å². The molecule has 5 heteroatoms. The van der Waals surface area contributed by atoms with Gasteiger partial charge in [0.15, 0.2) is 0 Å². The molecule has 0 aliphatic heterocycles.